The van der Waals surface area contributed by atoms with Crippen LogP contribution in [0.25, 0.3) is 0 Å². The molecule has 1 fully saturated rings. The summed E-state index contributed by atoms with van der Waals surface area (Å²) in [5.41, 5.74) is 4.36. The van der Waals surface area contributed by atoms with Crippen LogP contribution in [-0.4, -0.2) is 37.0 Å². The third kappa shape index (κ3) is 3.58. The van der Waals surface area contributed by atoms with Gasteiger partial charge in [-0.15, -0.1) is 0 Å². The molecule has 1 aliphatic heterocycles. The Morgan fingerprint density at radius 3 is 2.39 bits per heavy atom. The molecule has 3 nitrogen and oxygen atoms in total. The molecule has 2 aromatic carbocycles. The van der Waals surface area contributed by atoms with Gasteiger partial charge in [0.05, 0.1) is 0 Å². The fraction of sp³-hybridized carbons (Fsp3) is 0.316. The molecule has 0 aromatic heterocycles. The molecule has 23 heavy (non-hydrogen) atoms. The van der Waals surface area contributed by atoms with Crippen LogP contribution in [0.3, 0.4) is 0 Å². The molecular weight excluding hydrogens is 352 g/mol. The van der Waals surface area contributed by atoms with E-state index in [9.17, 15) is 4.79 Å². The number of halogens is 1. The van der Waals surface area contributed by atoms with Crippen LogP contribution in [0.4, 0.5) is 5.69 Å². The fourth-order valence-electron chi connectivity index (χ4n) is 2.91. The lowest BCUT2D eigenvalue weighted by molar-refractivity contribution is 0.0746. The van der Waals surface area contributed by atoms with Crippen molar-refractivity contribution in [3.05, 3.63) is 63.6 Å². The van der Waals surface area contributed by atoms with E-state index >= 15 is 0 Å². The van der Waals surface area contributed by atoms with Crippen LogP contribution in [0.15, 0.2) is 46.9 Å². The minimum atomic E-state index is 0.137. The molecule has 2 aromatic rings. The number of piperazine rings is 1. The maximum Gasteiger partial charge on any atom is 0.253 e. The highest BCUT2D eigenvalue weighted by Crippen LogP contribution is 2.24. The van der Waals surface area contributed by atoms with Crippen molar-refractivity contribution in [2.45, 2.75) is 13.8 Å². The molecule has 1 heterocycles. The summed E-state index contributed by atoms with van der Waals surface area (Å²) in [6.45, 7) is 7.37. The number of amides is 1. The van der Waals surface area contributed by atoms with E-state index in [4.69, 9.17) is 0 Å². The van der Waals surface area contributed by atoms with Crippen LogP contribution in [0, 0.1) is 13.8 Å². The molecule has 0 radical (unpaired) electrons. The Hall–Kier alpha value is -1.81. The first kappa shape index (κ1) is 16.1. The lowest BCUT2D eigenvalue weighted by atomic mass is 10.1. The van der Waals surface area contributed by atoms with Crippen molar-refractivity contribution >= 4 is 27.5 Å². The van der Waals surface area contributed by atoms with E-state index in [0.29, 0.717) is 0 Å². The molecule has 0 bridgehead atoms. The monoisotopic (exact) mass is 372 g/mol. The number of hydrogen-bond donors (Lipinski definition) is 0. The van der Waals surface area contributed by atoms with E-state index in [-0.39, 0.29) is 5.91 Å². The molecular formula is C19H21BrN2O. The largest absolute Gasteiger partial charge is 0.368 e. The van der Waals surface area contributed by atoms with E-state index in [0.717, 1.165) is 41.8 Å². The van der Waals surface area contributed by atoms with Gasteiger partial charge in [-0.05, 0) is 43.7 Å². The van der Waals surface area contributed by atoms with Crippen molar-refractivity contribution in [2.75, 3.05) is 31.1 Å². The average molecular weight is 373 g/mol. The topological polar surface area (TPSA) is 23.6 Å². The average Bonchev–Trinajstić information content (AvgIpc) is 2.57. The second-order valence-corrected chi connectivity index (χ2v) is 6.94. The summed E-state index contributed by atoms with van der Waals surface area (Å²) in [5.74, 6) is 0.137. The Bertz CT molecular complexity index is 721. The van der Waals surface area contributed by atoms with E-state index in [1.165, 1.54) is 11.3 Å². The number of nitrogens with zero attached hydrogens (tertiary/aromatic N) is 2. The van der Waals surface area contributed by atoms with Crippen LogP contribution in [-0.2, 0) is 0 Å². The van der Waals surface area contributed by atoms with Crippen LogP contribution < -0.4 is 4.90 Å². The van der Waals surface area contributed by atoms with Crippen molar-refractivity contribution in [3.63, 3.8) is 0 Å². The molecule has 0 saturated carbocycles. The first-order chi connectivity index (χ1) is 11.0. The molecule has 1 saturated heterocycles. The van der Waals surface area contributed by atoms with Crippen LogP contribution >= 0.6 is 15.9 Å². The molecule has 0 N–H and O–H groups in total. The first-order valence-corrected chi connectivity index (χ1v) is 8.71. The first-order valence-electron chi connectivity index (χ1n) is 7.91. The highest BCUT2D eigenvalue weighted by Gasteiger charge is 2.22. The Labute approximate surface area is 146 Å². The van der Waals surface area contributed by atoms with Gasteiger partial charge in [-0.1, -0.05) is 39.7 Å². The Morgan fingerprint density at radius 2 is 1.74 bits per heavy atom. The zero-order valence-corrected chi connectivity index (χ0v) is 15.1. The standard InChI is InChI=1S/C19H21BrN2O/c1-14-4-3-5-16(12-14)19(23)22-10-8-21(9-11-22)17-7-6-15(2)18(20)13-17/h3-7,12-13H,8-11H2,1-2H3. The molecule has 3 rings (SSSR count). The summed E-state index contributed by atoms with van der Waals surface area (Å²) in [5, 5.41) is 0. The predicted molar refractivity (Wildman–Crippen MR) is 98.2 cm³/mol. The third-order valence-corrected chi connectivity index (χ3v) is 5.21. The number of carbonyl (C=O) groups excluding carboxylic acids is 1. The number of aryl methyl sites for hydroxylation is 2. The lowest BCUT2D eigenvalue weighted by Crippen LogP contribution is -2.48. The summed E-state index contributed by atoms with van der Waals surface area (Å²) in [6.07, 6.45) is 0. The van der Waals surface area contributed by atoms with Crippen molar-refractivity contribution in [2.24, 2.45) is 0 Å². The lowest BCUT2D eigenvalue weighted by Gasteiger charge is -2.36. The second-order valence-electron chi connectivity index (χ2n) is 6.08. The summed E-state index contributed by atoms with van der Waals surface area (Å²) in [6, 6.07) is 14.3. The van der Waals surface area contributed by atoms with E-state index in [2.05, 4.69) is 46.0 Å². The summed E-state index contributed by atoms with van der Waals surface area (Å²) in [4.78, 5) is 16.9. The van der Waals surface area contributed by atoms with Crippen molar-refractivity contribution in [1.82, 2.24) is 4.90 Å². The molecule has 1 aliphatic rings. The van der Waals surface area contributed by atoms with Crippen molar-refractivity contribution in [3.8, 4) is 0 Å². The number of rotatable bonds is 2. The third-order valence-electron chi connectivity index (χ3n) is 4.35. The van der Waals surface area contributed by atoms with Gasteiger partial charge in [0.25, 0.3) is 5.91 Å². The van der Waals surface area contributed by atoms with Gasteiger partial charge in [-0.2, -0.15) is 0 Å². The Kier molecular flexibility index (Phi) is 4.71. The molecule has 120 valence electrons. The van der Waals surface area contributed by atoms with Gasteiger partial charge in [-0.3, -0.25) is 4.79 Å². The molecule has 0 unspecified atom stereocenters. The zero-order valence-electron chi connectivity index (χ0n) is 13.6. The van der Waals surface area contributed by atoms with Crippen LogP contribution in [0.5, 0.6) is 0 Å². The second kappa shape index (κ2) is 6.75. The molecule has 4 heteroatoms. The van der Waals surface area contributed by atoms with Gasteiger partial charge in [0.15, 0.2) is 0 Å². The minimum absolute atomic E-state index is 0.137. The summed E-state index contributed by atoms with van der Waals surface area (Å²) in [7, 11) is 0. The smallest absolute Gasteiger partial charge is 0.253 e. The normalized spacial score (nSPS) is 14.9. The Morgan fingerprint density at radius 1 is 1.00 bits per heavy atom. The quantitative estimate of drug-likeness (QED) is 0.794. The van der Waals surface area contributed by atoms with E-state index in [1.807, 2.05) is 36.1 Å². The van der Waals surface area contributed by atoms with E-state index in [1.54, 1.807) is 0 Å². The van der Waals surface area contributed by atoms with Gasteiger partial charge in [0, 0.05) is 41.9 Å². The summed E-state index contributed by atoms with van der Waals surface area (Å²) >= 11 is 3.59. The number of anilines is 1. The Balaban J connectivity index is 1.66. The van der Waals surface area contributed by atoms with Gasteiger partial charge in [-0.25, -0.2) is 0 Å². The fourth-order valence-corrected chi connectivity index (χ4v) is 3.27. The molecule has 0 aliphatic carbocycles. The minimum Gasteiger partial charge on any atom is -0.368 e. The van der Waals surface area contributed by atoms with Gasteiger partial charge in [0.2, 0.25) is 0 Å². The SMILES string of the molecule is Cc1cccc(C(=O)N2CCN(c3ccc(C)c(Br)c3)CC2)c1. The molecule has 1 amide bonds. The maximum absolute atomic E-state index is 12.6. The summed E-state index contributed by atoms with van der Waals surface area (Å²) < 4.78 is 1.13. The van der Waals surface area contributed by atoms with Crippen LogP contribution in [0.2, 0.25) is 0 Å². The van der Waals surface area contributed by atoms with Gasteiger partial charge < -0.3 is 9.80 Å². The highest BCUT2D eigenvalue weighted by molar-refractivity contribution is 9.10. The van der Waals surface area contributed by atoms with Gasteiger partial charge in [0.1, 0.15) is 0 Å². The van der Waals surface area contributed by atoms with Crippen molar-refractivity contribution in [1.29, 1.82) is 0 Å². The number of carbonyl (C=O) groups is 1. The molecule has 0 spiro atoms. The van der Waals surface area contributed by atoms with Crippen LogP contribution in [0.1, 0.15) is 21.5 Å². The zero-order chi connectivity index (χ0) is 16.4. The maximum atomic E-state index is 12.6. The van der Waals surface area contributed by atoms with Gasteiger partial charge >= 0.3 is 0 Å². The molecule has 0 atom stereocenters. The number of benzene rings is 2. The van der Waals surface area contributed by atoms with E-state index < -0.39 is 0 Å². The number of hydrogen-bond acceptors (Lipinski definition) is 2. The highest BCUT2D eigenvalue weighted by atomic mass is 79.9. The van der Waals surface area contributed by atoms with Crippen molar-refractivity contribution < 1.29 is 4.79 Å². The predicted octanol–water partition coefficient (Wildman–Crippen LogP) is 4.03.